The zero-order valence-corrected chi connectivity index (χ0v) is 61.7. The number of ketones is 3. The van der Waals surface area contributed by atoms with Crippen molar-refractivity contribution in [2.24, 2.45) is 35.5 Å². The quantitative estimate of drug-likeness (QED) is 0.0513. The Morgan fingerprint density at radius 3 is 2.08 bits per heavy atom. The summed E-state index contributed by atoms with van der Waals surface area (Å²) in [6, 6.07) is -1.16. The van der Waals surface area contributed by atoms with E-state index in [9.17, 15) is 53.7 Å². The van der Waals surface area contributed by atoms with E-state index in [4.69, 9.17) is 33.2 Å². The van der Waals surface area contributed by atoms with Gasteiger partial charge in [0.15, 0.2) is 5.78 Å². The van der Waals surface area contributed by atoms with Gasteiger partial charge in [-0.3, -0.25) is 28.9 Å². The van der Waals surface area contributed by atoms with Gasteiger partial charge in [-0.15, -0.1) is 0 Å². The molecule has 6 heterocycles. The van der Waals surface area contributed by atoms with Gasteiger partial charge < -0.3 is 78.2 Å². The van der Waals surface area contributed by atoms with Gasteiger partial charge in [-0.25, -0.2) is 19.6 Å². The van der Waals surface area contributed by atoms with Crippen molar-refractivity contribution in [1.82, 2.24) is 34.9 Å². The molecule has 564 valence electrons. The number of anilines is 1. The molecule has 1 aromatic rings. The number of hydrogen-bond acceptors (Lipinski definition) is 22. The van der Waals surface area contributed by atoms with Crippen molar-refractivity contribution in [3.05, 3.63) is 65.6 Å². The first-order chi connectivity index (χ1) is 48.2. The smallest absolute Gasteiger partial charge is 0.407 e. The summed E-state index contributed by atoms with van der Waals surface area (Å²) in [6.07, 6.45) is 13.1. The number of aliphatic hydroxyl groups excluding tert-OH is 2. The maximum Gasteiger partial charge on any atom is 0.407 e. The molecular weight excluding hydrogens is 1300 g/mol. The summed E-state index contributed by atoms with van der Waals surface area (Å²) in [5.41, 5.74) is 1.87. The lowest BCUT2D eigenvalue weighted by Gasteiger charge is -2.43. The molecule has 0 radical (unpaired) electrons. The van der Waals surface area contributed by atoms with Crippen molar-refractivity contribution in [2.45, 2.75) is 219 Å². The first-order valence-electron chi connectivity index (χ1n) is 36.7. The summed E-state index contributed by atoms with van der Waals surface area (Å²) in [4.78, 5) is 126. The van der Waals surface area contributed by atoms with Crippen LogP contribution in [0, 0.1) is 35.5 Å². The predicted octanol–water partition coefficient (Wildman–Crippen LogP) is 6.27. The molecule has 0 aromatic carbocycles. The van der Waals surface area contributed by atoms with Gasteiger partial charge in [0.05, 0.1) is 44.1 Å². The second kappa shape index (κ2) is 40.1. The summed E-state index contributed by atoms with van der Waals surface area (Å²) in [5.74, 6) is -7.39. The van der Waals surface area contributed by atoms with Crippen molar-refractivity contribution < 1.29 is 86.8 Å². The minimum atomic E-state index is -2.46. The molecule has 1 saturated carbocycles. The average Bonchev–Trinajstić information content (AvgIpc) is 0.774. The number of aliphatic hydroxyl groups is 3. The SMILES string of the molecule is CO[C@H]1C[C@@H]2CC[C@@H](C)[C@@](O)(O2)C(=O)C(=O)N2CCCC[C@H]2C(=O)O[C@H]([C@H](C)C[C@@H]2CC[C@@H](OC(=O)NCc3cnc(N4CCN(C(=O)CCOCCN5CCN(C(=O)CCC(C)=O)CC5)CC4)nc3)[C@H](OC)C2)C[C@@H](OC)[C@H](C)/C=C(\C)C(O)[C@@H](O)C(=O)[C@H](C)C[C@H](C)/C=C/C=CC=C1C. The van der Waals surface area contributed by atoms with Gasteiger partial charge in [0.2, 0.25) is 23.5 Å². The van der Waals surface area contributed by atoms with Crippen LogP contribution >= 0.6 is 0 Å². The number of ether oxygens (including phenoxy) is 7. The fourth-order valence-electron chi connectivity index (χ4n) is 14.8. The first kappa shape index (κ1) is 81.9. The van der Waals surface area contributed by atoms with Crippen LogP contribution < -0.4 is 10.2 Å². The van der Waals surface area contributed by atoms with Gasteiger partial charge in [0, 0.05) is 155 Å². The highest BCUT2D eigenvalue weighted by molar-refractivity contribution is 6.39. The van der Waals surface area contributed by atoms with Crippen molar-refractivity contribution in [2.75, 3.05) is 105 Å². The molecule has 4 N–H and O–H groups in total. The number of carbonyl (C=O) groups excluding carboxylic acids is 8. The van der Waals surface area contributed by atoms with E-state index in [-0.39, 0.29) is 80.5 Å². The zero-order chi connectivity index (χ0) is 73.5. The van der Waals surface area contributed by atoms with Crippen LogP contribution in [0.15, 0.2) is 60.0 Å². The van der Waals surface area contributed by atoms with E-state index in [2.05, 4.69) is 20.2 Å². The fourth-order valence-corrected chi connectivity index (χ4v) is 14.8. The van der Waals surface area contributed by atoms with Crippen LogP contribution in [0.25, 0.3) is 0 Å². The van der Waals surface area contributed by atoms with Gasteiger partial charge >= 0.3 is 12.1 Å². The molecule has 5 aliphatic heterocycles. The van der Waals surface area contributed by atoms with Crippen LogP contribution in [0.2, 0.25) is 0 Å². The molecule has 26 nitrogen and oxygen atoms in total. The third-order valence-corrected chi connectivity index (χ3v) is 21.4. The highest BCUT2D eigenvalue weighted by Gasteiger charge is 2.53. The Bertz CT molecular complexity index is 3020. The maximum absolute atomic E-state index is 14.9. The molecule has 0 spiro atoms. The van der Waals surface area contributed by atoms with Crippen molar-refractivity contribution in [1.29, 1.82) is 0 Å². The molecule has 5 fully saturated rings. The Morgan fingerprint density at radius 2 is 1.41 bits per heavy atom. The number of Topliss-reactive ketones (excluding diaryl/α,β-unsaturated/α-hetero) is 3. The lowest BCUT2D eigenvalue weighted by Crippen LogP contribution is -2.61. The Kier molecular flexibility index (Phi) is 32.5. The van der Waals surface area contributed by atoms with Gasteiger partial charge in [-0.2, -0.15) is 0 Å². The number of cyclic esters (lactones) is 1. The monoisotopic (exact) mass is 1420 g/mol. The molecule has 2 bridgehead atoms. The molecule has 7 rings (SSSR count). The minimum Gasteiger partial charge on any atom is -0.460 e. The Labute approximate surface area is 597 Å². The number of nitrogens with zero attached hydrogens (tertiary/aromatic N) is 7. The molecule has 16 atom stereocenters. The summed E-state index contributed by atoms with van der Waals surface area (Å²) in [7, 11) is 4.68. The number of aromatic nitrogens is 2. The van der Waals surface area contributed by atoms with E-state index >= 15 is 0 Å². The number of amides is 4. The van der Waals surface area contributed by atoms with E-state index < -0.39 is 108 Å². The average molecular weight is 1420 g/mol. The lowest BCUT2D eigenvalue weighted by atomic mass is 9.78. The zero-order valence-electron chi connectivity index (χ0n) is 61.7. The Balaban J connectivity index is 0.941. The molecule has 1 unspecified atom stereocenters. The van der Waals surface area contributed by atoms with Crippen LogP contribution in [0.1, 0.15) is 157 Å². The van der Waals surface area contributed by atoms with Gasteiger partial charge in [-0.05, 0) is 114 Å². The number of allylic oxidation sites excluding steroid dienone is 5. The second-order valence-corrected chi connectivity index (χ2v) is 29.1. The number of nitrogens with one attached hydrogen (secondary N) is 1. The third kappa shape index (κ3) is 23.8. The summed E-state index contributed by atoms with van der Waals surface area (Å²) >= 11 is 0. The number of carbonyl (C=O) groups is 8. The summed E-state index contributed by atoms with van der Waals surface area (Å²) in [6.45, 7) is 20.8. The lowest BCUT2D eigenvalue weighted by molar-refractivity contribution is -0.265. The second-order valence-electron chi connectivity index (χ2n) is 29.1. The van der Waals surface area contributed by atoms with Crippen molar-refractivity contribution >= 4 is 53.1 Å². The molecule has 26 heteroatoms. The van der Waals surface area contributed by atoms with Crippen LogP contribution in [-0.2, 0) is 73.3 Å². The number of fused-ring (bicyclic) bond motifs is 3. The molecule has 6 aliphatic rings. The maximum atomic E-state index is 14.9. The topological polar surface area (TPSA) is 316 Å². The van der Waals surface area contributed by atoms with E-state index in [1.165, 1.54) is 18.9 Å². The number of esters is 1. The number of rotatable bonds is 19. The third-order valence-electron chi connectivity index (χ3n) is 21.4. The number of hydrogen-bond donors (Lipinski definition) is 4. The van der Waals surface area contributed by atoms with E-state index in [0.717, 1.165) is 18.7 Å². The molecular formula is C75H116N8O18. The fraction of sp³-hybridized carbons (Fsp3) is 0.733. The van der Waals surface area contributed by atoms with Gasteiger partial charge in [-0.1, -0.05) is 71.1 Å². The highest BCUT2D eigenvalue weighted by Crippen LogP contribution is 2.39. The summed E-state index contributed by atoms with van der Waals surface area (Å²) in [5, 5.41) is 37.7. The van der Waals surface area contributed by atoms with Crippen molar-refractivity contribution in [3.63, 3.8) is 0 Å². The van der Waals surface area contributed by atoms with E-state index in [1.54, 1.807) is 53.5 Å². The van der Waals surface area contributed by atoms with Gasteiger partial charge in [0.1, 0.15) is 36.2 Å². The summed E-state index contributed by atoms with van der Waals surface area (Å²) < 4.78 is 42.6. The molecule has 1 aliphatic carbocycles. The highest BCUT2D eigenvalue weighted by atomic mass is 16.6. The van der Waals surface area contributed by atoms with Crippen molar-refractivity contribution in [3.8, 4) is 0 Å². The minimum absolute atomic E-state index is 0.0149. The van der Waals surface area contributed by atoms with E-state index in [0.29, 0.717) is 140 Å². The van der Waals surface area contributed by atoms with Crippen LogP contribution in [0.3, 0.4) is 0 Å². The number of piperidine rings is 1. The normalized spacial score (nSPS) is 32.0. The predicted molar refractivity (Wildman–Crippen MR) is 376 cm³/mol. The molecule has 101 heavy (non-hydrogen) atoms. The molecule has 1 aromatic heterocycles. The Morgan fingerprint density at radius 1 is 0.723 bits per heavy atom. The number of piperazine rings is 2. The Hall–Kier alpha value is -6.36. The first-order valence-corrected chi connectivity index (χ1v) is 36.7. The van der Waals surface area contributed by atoms with Gasteiger partial charge in [0.25, 0.3) is 11.7 Å². The number of alkyl carbamates (subject to hydrolysis) is 1. The standard InChI is InChI=1S/C75H116N8O18/c1-48-17-13-12-14-18-49(2)61(95-9)43-58-23-20-54(7)75(94,101-58)70(90)71(91)83-27-16-15-19-59(83)72(92)99-63(44-62(96-10)50(3)40-53(6)68(88)69(89)67(87)52(5)39-48)51(4)41-56-22-24-60(64(42-56)97-11)100-74(93)78-47-57-45-76-73(77-46-57)82-34-32-81(33-35-82)66(86)26-37-98-38-36-79-28-30-80(31-29-79)65(85)25-21-55(8)84/h12-14,17-18,40,45-46,48,50-52,54,56,58-64,68-69,88-89,94H,15-16,19-39,41-44,47H2,1-11H3,(H,78,93)/b14-12?,17-13+,49-18?,53-40+/t48-,50-,51-,52-,54-,56+,58+,59+,60-,61+,62-,63+,64-,68?,69+,75-/m1/s1. The van der Waals surface area contributed by atoms with Crippen LogP contribution in [0.5, 0.6) is 0 Å². The van der Waals surface area contributed by atoms with E-state index in [1.807, 2.05) is 72.8 Å². The molecule has 4 amide bonds. The largest absolute Gasteiger partial charge is 0.460 e. The molecule has 4 saturated heterocycles. The van der Waals surface area contributed by atoms with Crippen LogP contribution in [0.4, 0.5) is 10.7 Å². The van der Waals surface area contributed by atoms with Crippen LogP contribution in [-0.4, -0.2) is 253 Å². The number of methoxy groups -OCH3 is 3.